The Morgan fingerprint density at radius 1 is 1.17 bits per heavy atom. The number of amides is 1. The maximum atomic E-state index is 12.7. The quantitative estimate of drug-likeness (QED) is 0.783. The highest BCUT2D eigenvalue weighted by atomic mass is 16.7. The van der Waals surface area contributed by atoms with Gasteiger partial charge in [0, 0.05) is 25.2 Å². The summed E-state index contributed by atoms with van der Waals surface area (Å²) in [6, 6.07) is 9.15. The average Bonchev–Trinajstić information content (AvgIpc) is 2.61. The molecular weight excluding hydrogens is 298 g/mol. The molecule has 1 unspecified atom stereocenters. The minimum absolute atomic E-state index is 0.0646. The monoisotopic (exact) mass is 321 g/mol. The third-order valence-electron chi connectivity index (χ3n) is 4.08. The van der Waals surface area contributed by atoms with Gasteiger partial charge in [0.2, 0.25) is 5.79 Å². The largest absolute Gasteiger partial charge is 0.373 e. The second kappa shape index (κ2) is 6.94. The van der Waals surface area contributed by atoms with Gasteiger partial charge >= 0.3 is 0 Å². The minimum atomic E-state index is -0.991. The fourth-order valence-corrected chi connectivity index (χ4v) is 3.00. The number of hydrogen-bond acceptors (Lipinski definition) is 6. The summed E-state index contributed by atoms with van der Waals surface area (Å²) >= 11 is 0. The molecule has 3 atom stereocenters. The molecule has 7 heteroatoms. The van der Waals surface area contributed by atoms with Gasteiger partial charge in [-0.15, -0.1) is 0 Å². The van der Waals surface area contributed by atoms with Gasteiger partial charge in [-0.05, 0) is 12.1 Å². The van der Waals surface area contributed by atoms with Crippen molar-refractivity contribution in [1.82, 2.24) is 4.90 Å². The molecule has 1 spiro atoms. The SMILES string of the molecule is NC[C@@H]1COCC2(CN(C(=O)c3ccccc3)C[C@@H](CN)O2)O1. The summed E-state index contributed by atoms with van der Waals surface area (Å²) in [6.07, 6.45) is -0.537. The summed E-state index contributed by atoms with van der Waals surface area (Å²) in [5, 5.41) is 0. The Labute approximate surface area is 135 Å². The van der Waals surface area contributed by atoms with E-state index in [4.69, 9.17) is 25.7 Å². The number of nitrogens with zero attached hydrogens (tertiary/aromatic N) is 1. The molecule has 1 aromatic rings. The molecule has 1 aromatic carbocycles. The first-order valence-corrected chi connectivity index (χ1v) is 7.83. The normalized spacial score (nSPS) is 31.3. The van der Waals surface area contributed by atoms with Gasteiger partial charge in [-0.1, -0.05) is 18.2 Å². The van der Waals surface area contributed by atoms with Crippen molar-refractivity contribution < 1.29 is 19.0 Å². The minimum Gasteiger partial charge on any atom is -0.373 e. The Balaban J connectivity index is 1.80. The molecule has 0 aromatic heterocycles. The molecule has 126 valence electrons. The highest BCUT2D eigenvalue weighted by molar-refractivity contribution is 5.94. The van der Waals surface area contributed by atoms with Crippen LogP contribution in [0.5, 0.6) is 0 Å². The van der Waals surface area contributed by atoms with Gasteiger partial charge in [0.25, 0.3) is 5.91 Å². The maximum absolute atomic E-state index is 12.7. The third-order valence-corrected chi connectivity index (χ3v) is 4.08. The Hall–Kier alpha value is -1.51. The lowest BCUT2D eigenvalue weighted by molar-refractivity contribution is -0.345. The van der Waals surface area contributed by atoms with Gasteiger partial charge in [-0.3, -0.25) is 4.79 Å². The number of ether oxygens (including phenoxy) is 3. The maximum Gasteiger partial charge on any atom is 0.254 e. The van der Waals surface area contributed by atoms with Gasteiger partial charge in [0.1, 0.15) is 6.61 Å². The van der Waals surface area contributed by atoms with E-state index in [0.29, 0.717) is 38.3 Å². The van der Waals surface area contributed by atoms with E-state index in [-0.39, 0.29) is 24.7 Å². The first kappa shape index (κ1) is 16.4. The van der Waals surface area contributed by atoms with Crippen LogP contribution in [0.15, 0.2) is 30.3 Å². The summed E-state index contributed by atoms with van der Waals surface area (Å²) in [5.41, 5.74) is 12.1. The van der Waals surface area contributed by atoms with Crippen LogP contribution in [0.4, 0.5) is 0 Å². The summed E-state index contributed by atoms with van der Waals surface area (Å²) in [5.74, 6) is -1.06. The molecule has 0 aliphatic carbocycles. The zero-order chi connectivity index (χ0) is 16.3. The van der Waals surface area contributed by atoms with Crippen LogP contribution in [0.25, 0.3) is 0 Å². The zero-order valence-corrected chi connectivity index (χ0v) is 13.0. The van der Waals surface area contributed by atoms with E-state index in [1.807, 2.05) is 18.2 Å². The lowest BCUT2D eigenvalue weighted by Crippen LogP contribution is -2.65. The number of nitrogens with two attached hydrogens (primary N) is 2. The lowest BCUT2D eigenvalue weighted by Gasteiger charge is -2.48. The van der Waals surface area contributed by atoms with Crippen LogP contribution in [0.2, 0.25) is 0 Å². The van der Waals surface area contributed by atoms with Gasteiger partial charge < -0.3 is 30.6 Å². The lowest BCUT2D eigenvalue weighted by atomic mass is 10.1. The Kier molecular flexibility index (Phi) is 4.93. The zero-order valence-electron chi connectivity index (χ0n) is 13.0. The van der Waals surface area contributed by atoms with E-state index >= 15 is 0 Å². The van der Waals surface area contributed by atoms with Crippen LogP contribution in [0, 0.1) is 0 Å². The predicted octanol–water partition coefficient (Wildman–Crippen LogP) is -0.443. The molecule has 23 heavy (non-hydrogen) atoms. The van der Waals surface area contributed by atoms with Crippen molar-refractivity contribution in [2.24, 2.45) is 11.5 Å². The van der Waals surface area contributed by atoms with E-state index in [9.17, 15) is 4.79 Å². The van der Waals surface area contributed by atoms with Crippen LogP contribution >= 0.6 is 0 Å². The smallest absolute Gasteiger partial charge is 0.254 e. The molecule has 0 radical (unpaired) electrons. The molecule has 0 saturated carbocycles. The van der Waals surface area contributed by atoms with Gasteiger partial charge in [-0.25, -0.2) is 0 Å². The van der Waals surface area contributed by atoms with Crippen molar-refractivity contribution in [2.45, 2.75) is 18.0 Å². The van der Waals surface area contributed by atoms with Crippen molar-refractivity contribution in [2.75, 3.05) is 39.4 Å². The molecule has 1 amide bonds. The van der Waals surface area contributed by atoms with Gasteiger partial charge in [0.15, 0.2) is 0 Å². The van der Waals surface area contributed by atoms with Crippen LogP contribution < -0.4 is 11.5 Å². The number of carbonyl (C=O) groups excluding carboxylic acids is 1. The summed E-state index contributed by atoms with van der Waals surface area (Å²) in [4.78, 5) is 14.5. The van der Waals surface area contributed by atoms with E-state index in [1.165, 1.54) is 0 Å². The Bertz CT molecular complexity index is 537. The van der Waals surface area contributed by atoms with E-state index < -0.39 is 5.79 Å². The highest BCUT2D eigenvalue weighted by Crippen LogP contribution is 2.29. The second-order valence-corrected chi connectivity index (χ2v) is 5.93. The standard InChI is InChI=1S/C16H23N3O4/c17-6-13-8-19(15(20)12-4-2-1-3-5-12)10-16(22-13)11-21-9-14(7-18)23-16/h1-5,13-14H,6-11,17-18H2/t13-,14-,16?/m1/s1. The molecule has 4 N–H and O–H groups in total. The summed E-state index contributed by atoms with van der Waals surface area (Å²) in [7, 11) is 0. The van der Waals surface area contributed by atoms with Gasteiger partial charge in [-0.2, -0.15) is 0 Å². The first-order chi connectivity index (χ1) is 11.2. The van der Waals surface area contributed by atoms with Crippen molar-refractivity contribution in [3.8, 4) is 0 Å². The number of rotatable bonds is 3. The second-order valence-electron chi connectivity index (χ2n) is 5.93. The van der Waals surface area contributed by atoms with Crippen molar-refractivity contribution in [3.63, 3.8) is 0 Å². The van der Waals surface area contributed by atoms with E-state index in [1.54, 1.807) is 17.0 Å². The Morgan fingerprint density at radius 2 is 1.87 bits per heavy atom. The van der Waals surface area contributed by atoms with Crippen LogP contribution in [-0.4, -0.2) is 68.2 Å². The van der Waals surface area contributed by atoms with Crippen molar-refractivity contribution in [3.05, 3.63) is 35.9 Å². The van der Waals surface area contributed by atoms with E-state index in [2.05, 4.69) is 0 Å². The van der Waals surface area contributed by atoms with Crippen LogP contribution in [0.3, 0.4) is 0 Å². The molecule has 2 fully saturated rings. The molecule has 2 heterocycles. The molecule has 2 aliphatic heterocycles. The molecule has 3 rings (SSSR count). The topological polar surface area (TPSA) is 100 Å². The summed E-state index contributed by atoms with van der Waals surface area (Å²) < 4.78 is 17.6. The van der Waals surface area contributed by atoms with E-state index in [0.717, 1.165) is 0 Å². The molecular formula is C16H23N3O4. The number of hydrogen-bond donors (Lipinski definition) is 2. The van der Waals surface area contributed by atoms with Crippen molar-refractivity contribution >= 4 is 5.91 Å². The number of morpholine rings is 1. The van der Waals surface area contributed by atoms with Crippen molar-refractivity contribution in [1.29, 1.82) is 0 Å². The average molecular weight is 321 g/mol. The van der Waals surface area contributed by atoms with Gasteiger partial charge in [0.05, 0.1) is 25.4 Å². The fraction of sp³-hybridized carbons (Fsp3) is 0.562. The Morgan fingerprint density at radius 3 is 2.57 bits per heavy atom. The molecule has 7 nitrogen and oxygen atoms in total. The number of benzene rings is 1. The fourth-order valence-electron chi connectivity index (χ4n) is 3.00. The summed E-state index contributed by atoms with van der Waals surface area (Å²) in [6.45, 7) is 2.07. The van der Waals surface area contributed by atoms with Crippen LogP contribution in [0.1, 0.15) is 10.4 Å². The first-order valence-electron chi connectivity index (χ1n) is 7.83. The number of carbonyl (C=O) groups is 1. The predicted molar refractivity (Wildman–Crippen MR) is 83.8 cm³/mol. The molecule has 2 aliphatic rings. The molecule has 2 saturated heterocycles. The highest BCUT2D eigenvalue weighted by Gasteiger charge is 2.47. The van der Waals surface area contributed by atoms with Crippen LogP contribution in [-0.2, 0) is 14.2 Å². The third kappa shape index (κ3) is 3.54. The molecule has 0 bridgehead atoms.